The van der Waals surface area contributed by atoms with E-state index < -0.39 is 0 Å². The Morgan fingerprint density at radius 1 is 1.22 bits per heavy atom. The van der Waals surface area contributed by atoms with Crippen LogP contribution in [0.4, 0.5) is 5.69 Å². The van der Waals surface area contributed by atoms with Crippen molar-refractivity contribution in [3.05, 3.63) is 66.4 Å². The highest BCUT2D eigenvalue weighted by atomic mass is 16.5. The van der Waals surface area contributed by atoms with E-state index in [1.54, 1.807) is 42.5 Å². The summed E-state index contributed by atoms with van der Waals surface area (Å²) >= 11 is 0. The van der Waals surface area contributed by atoms with E-state index in [0.717, 1.165) is 0 Å². The van der Waals surface area contributed by atoms with Gasteiger partial charge in [-0.15, -0.1) is 6.58 Å². The maximum Gasteiger partial charge on any atom is 0.257 e. The van der Waals surface area contributed by atoms with E-state index in [4.69, 9.17) is 4.74 Å². The van der Waals surface area contributed by atoms with Crippen molar-refractivity contribution in [2.75, 3.05) is 19.0 Å². The molecule has 1 aromatic heterocycles. The predicted octanol–water partition coefficient (Wildman–Crippen LogP) is 2.26. The van der Waals surface area contributed by atoms with E-state index >= 15 is 0 Å². The van der Waals surface area contributed by atoms with Gasteiger partial charge in [0.2, 0.25) is 5.88 Å². The van der Waals surface area contributed by atoms with Crippen LogP contribution in [0.15, 0.2) is 55.3 Å². The smallest absolute Gasteiger partial charge is 0.257 e. The highest BCUT2D eigenvalue weighted by Crippen LogP contribution is 2.16. The fourth-order valence-electron chi connectivity index (χ4n) is 1.88. The zero-order chi connectivity index (χ0) is 16.7. The average molecular weight is 311 g/mol. The Morgan fingerprint density at radius 2 is 2.00 bits per heavy atom. The topological polar surface area (TPSA) is 80.3 Å². The van der Waals surface area contributed by atoms with Crippen molar-refractivity contribution in [1.29, 1.82) is 0 Å². The second-order valence-corrected chi connectivity index (χ2v) is 4.59. The number of carbonyl (C=O) groups excluding carboxylic acids is 2. The molecule has 6 nitrogen and oxygen atoms in total. The third kappa shape index (κ3) is 4.16. The Hall–Kier alpha value is -3.15. The van der Waals surface area contributed by atoms with Gasteiger partial charge in [0.25, 0.3) is 11.8 Å². The van der Waals surface area contributed by atoms with Crippen molar-refractivity contribution in [3.63, 3.8) is 0 Å². The molecule has 0 aliphatic heterocycles. The molecular formula is C17H17N3O3. The predicted molar refractivity (Wildman–Crippen MR) is 87.7 cm³/mol. The molecule has 0 spiro atoms. The maximum atomic E-state index is 12.3. The van der Waals surface area contributed by atoms with Gasteiger partial charge >= 0.3 is 0 Å². The van der Waals surface area contributed by atoms with Gasteiger partial charge < -0.3 is 15.4 Å². The van der Waals surface area contributed by atoms with E-state index in [-0.39, 0.29) is 11.8 Å². The minimum absolute atomic E-state index is 0.284. The van der Waals surface area contributed by atoms with Gasteiger partial charge in [0.05, 0.1) is 23.9 Å². The molecule has 0 atom stereocenters. The summed E-state index contributed by atoms with van der Waals surface area (Å²) in [6, 6.07) is 9.97. The Kier molecular flexibility index (Phi) is 5.46. The molecule has 2 aromatic rings. The zero-order valence-corrected chi connectivity index (χ0v) is 12.7. The number of ether oxygens (including phenoxy) is 1. The molecule has 2 rings (SSSR count). The molecule has 1 aromatic carbocycles. The van der Waals surface area contributed by atoms with Gasteiger partial charge in [-0.25, -0.2) is 4.98 Å². The van der Waals surface area contributed by atoms with Gasteiger partial charge in [0.1, 0.15) is 0 Å². The second-order valence-electron chi connectivity index (χ2n) is 4.59. The Morgan fingerprint density at radius 3 is 2.65 bits per heavy atom. The van der Waals surface area contributed by atoms with Gasteiger partial charge in [-0.1, -0.05) is 18.2 Å². The molecule has 0 saturated carbocycles. The number of hydrogen-bond acceptors (Lipinski definition) is 4. The number of amides is 2. The number of hydrogen-bond donors (Lipinski definition) is 2. The van der Waals surface area contributed by atoms with Crippen LogP contribution in [0, 0.1) is 0 Å². The van der Waals surface area contributed by atoms with E-state index in [0.29, 0.717) is 29.2 Å². The first-order chi connectivity index (χ1) is 11.2. The lowest BCUT2D eigenvalue weighted by molar-refractivity contribution is 0.0959. The highest BCUT2D eigenvalue weighted by Gasteiger charge is 2.13. The zero-order valence-electron chi connectivity index (χ0n) is 12.7. The van der Waals surface area contributed by atoms with E-state index in [2.05, 4.69) is 22.2 Å². The number of anilines is 1. The van der Waals surface area contributed by atoms with Gasteiger partial charge in [-0.05, 0) is 18.2 Å². The van der Waals surface area contributed by atoms with Crippen LogP contribution in [-0.2, 0) is 0 Å². The van der Waals surface area contributed by atoms with Crippen molar-refractivity contribution < 1.29 is 14.3 Å². The first kappa shape index (κ1) is 16.2. The number of rotatable bonds is 6. The fraction of sp³-hybridized carbons (Fsp3) is 0.118. The van der Waals surface area contributed by atoms with Crippen LogP contribution in [0.2, 0.25) is 0 Å². The lowest BCUT2D eigenvalue weighted by Crippen LogP contribution is -2.25. The third-order valence-corrected chi connectivity index (χ3v) is 3.03. The first-order valence-corrected chi connectivity index (χ1v) is 6.95. The van der Waals surface area contributed by atoms with Gasteiger partial charge in [0, 0.05) is 18.8 Å². The maximum absolute atomic E-state index is 12.3. The third-order valence-electron chi connectivity index (χ3n) is 3.03. The number of pyridine rings is 1. The van der Waals surface area contributed by atoms with Crippen molar-refractivity contribution in [3.8, 4) is 5.88 Å². The minimum atomic E-state index is -0.357. The lowest BCUT2D eigenvalue weighted by Gasteiger charge is -2.11. The monoisotopic (exact) mass is 311 g/mol. The van der Waals surface area contributed by atoms with Gasteiger partial charge in [-0.3, -0.25) is 9.59 Å². The summed E-state index contributed by atoms with van der Waals surface area (Å²) in [5.41, 5.74) is 1.17. The molecule has 0 bridgehead atoms. The van der Waals surface area contributed by atoms with Crippen LogP contribution in [0.5, 0.6) is 5.88 Å². The molecule has 0 aliphatic carbocycles. The Bertz CT molecular complexity index is 711. The summed E-state index contributed by atoms with van der Waals surface area (Å²) in [4.78, 5) is 28.3. The number of benzene rings is 1. The van der Waals surface area contributed by atoms with Crippen molar-refractivity contribution in [2.24, 2.45) is 0 Å². The summed E-state index contributed by atoms with van der Waals surface area (Å²) in [6.45, 7) is 3.90. The number of para-hydroxylation sites is 1. The summed E-state index contributed by atoms with van der Waals surface area (Å²) in [7, 11) is 1.50. The Balaban J connectivity index is 2.17. The molecule has 0 unspecified atom stereocenters. The van der Waals surface area contributed by atoms with Gasteiger partial charge in [0.15, 0.2) is 0 Å². The first-order valence-electron chi connectivity index (χ1n) is 6.95. The van der Waals surface area contributed by atoms with E-state index in [1.807, 2.05) is 0 Å². The fourth-order valence-corrected chi connectivity index (χ4v) is 1.88. The second kappa shape index (κ2) is 7.74. The average Bonchev–Trinajstić information content (AvgIpc) is 2.60. The SMILES string of the molecule is C=CCNC(=O)c1ccccc1NC(=O)c1ccc(OC)nc1. The van der Waals surface area contributed by atoms with Crippen LogP contribution in [0.25, 0.3) is 0 Å². The van der Waals surface area contributed by atoms with Crippen LogP contribution in [-0.4, -0.2) is 30.5 Å². The molecule has 1 heterocycles. The lowest BCUT2D eigenvalue weighted by atomic mass is 10.1. The van der Waals surface area contributed by atoms with Crippen LogP contribution in [0.1, 0.15) is 20.7 Å². The number of aromatic nitrogens is 1. The summed E-state index contributed by atoms with van der Waals surface area (Å²) in [5, 5.41) is 5.40. The molecular weight excluding hydrogens is 294 g/mol. The minimum Gasteiger partial charge on any atom is -0.481 e. The summed E-state index contributed by atoms with van der Waals surface area (Å²) < 4.78 is 4.95. The van der Waals surface area contributed by atoms with E-state index in [1.165, 1.54) is 13.3 Å². The van der Waals surface area contributed by atoms with E-state index in [9.17, 15) is 9.59 Å². The number of carbonyl (C=O) groups is 2. The molecule has 2 amide bonds. The normalized spacial score (nSPS) is 9.78. The van der Waals surface area contributed by atoms with Crippen LogP contribution >= 0.6 is 0 Å². The molecule has 0 fully saturated rings. The van der Waals surface area contributed by atoms with Crippen LogP contribution in [0.3, 0.4) is 0 Å². The summed E-state index contributed by atoms with van der Waals surface area (Å²) in [6.07, 6.45) is 3.00. The van der Waals surface area contributed by atoms with Crippen molar-refractivity contribution in [1.82, 2.24) is 10.3 Å². The molecule has 2 N–H and O–H groups in total. The quantitative estimate of drug-likeness (QED) is 0.802. The van der Waals surface area contributed by atoms with Crippen molar-refractivity contribution >= 4 is 17.5 Å². The van der Waals surface area contributed by atoms with Gasteiger partial charge in [-0.2, -0.15) is 0 Å². The molecule has 0 radical (unpaired) electrons. The molecule has 23 heavy (non-hydrogen) atoms. The molecule has 0 saturated heterocycles. The molecule has 118 valence electrons. The molecule has 0 aliphatic rings. The number of methoxy groups -OCH3 is 1. The number of nitrogens with zero attached hydrogens (tertiary/aromatic N) is 1. The largest absolute Gasteiger partial charge is 0.481 e. The van der Waals surface area contributed by atoms with Crippen LogP contribution < -0.4 is 15.4 Å². The Labute approximate surface area is 134 Å². The summed E-state index contributed by atoms with van der Waals surface area (Å²) in [5.74, 6) is -0.219. The standard InChI is InChI=1S/C17H17N3O3/c1-3-10-18-17(22)13-6-4-5-7-14(13)20-16(21)12-8-9-15(23-2)19-11-12/h3-9,11H,1,10H2,2H3,(H,18,22)(H,20,21). The van der Waals surface area contributed by atoms with Crippen molar-refractivity contribution in [2.45, 2.75) is 0 Å². The number of nitrogens with one attached hydrogen (secondary N) is 2. The molecule has 6 heteroatoms. The highest BCUT2D eigenvalue weighted by molar-refractivity contribution is 6.08.